The van der Waals surface area contributed by atoms with Crippen molar-refractivity contribution in [3.8, 4) is 0 Å². The molecule has 0 radical (unpaired) electrons. The molecule has 37 heavy (non-hydrogen) atoms. The number of nitrogens with zero attached hydrogens (tertiary/aromatic N) is 4. The van der Waals surface area contributed by atoms with Crippen molar-refractivity contribution >= 4 is 48.7 Å². The summed E-state index contributed by atoms with van der Waals surface area (Å²) >= 11 is 1.05. The topological polar surface area (TPSA) is 141 Å². The Morgan fingerprint density at radius 1 is 1.03 bits per heavy atom. The quantitative estimate of drug-likeness (QED) is 0.316. The minimum atomic E-state index is -3.86. The summed E-state index contributed by atoms with van der Waals surface area (Å²) in [7, 11) is -5.49. The van der Waals surface area contributed by atoms with Gasteiger partial charge in [0.2, 0.25) is 10.0 Å². The smallest absolute Gasteiger partial charge is 0.275 e. The number of nitrogens with one attached hydrogen (secondary N) is 2. The Morgan fingerprint density at radius 2 is 1.73 bits per heavy atom. The Kier molecular flexibility index (Phi) is 8.04. The van der Waals surface area contributed by atoms with Gasteiger partial charge >= 0.3 is 0 Å². The predicted octanol–water partition coefficient (Wildman–Crippen LogP) is 2.03. The molecule has 2 N–H and O–H groups in total. The highest BCUT2D eigenvalue weighted by Crippen LogP contribution is 2.22. The van der Waals surface area contributed by atoms with Gasteiger partial charge in [-0.05, 0) is 49.2 Å². The third-order valence-electron chi connectivity index (χ3n) is 5.77. The van der Waals surface area contributed by atoms with E-state index in [0.717, 1.165) is 11.3 Å². The number of carbonyl (C=O) groups is 1. The summed E-state index contributed by atoms with van der Waals surface area (Å²) in [6, 6.07) is 10.7. The zero-order chi connectivity index (χ0) is 26.6. The van der Waals surface area contributed by atoms with Gasteiger partial charge in [0, 0.05) is 38.6 Å². The van der Waals surface area contributed by atoms with Crippen LogP contribution in [-0.2, 0) is 20.0 Å². The first-order chi connectivity index (χ1) is 17.6. The number of sulfonamides is 2. The van der Waals surface area contributed by atoms with E-state index in [2.05, 4.69) is 25.1 Å². The Morgan fingerprint density at radius 3 is 2.38 bits per heavy atom. The van der Waals surface area contributed by atoms with Gasteiger partial charge in [-0.2, -0.15) is 9.41 Å². The summed E-state index contributed by atoms with van der Waals surface area (Å²) in [5.41, 5.74) is 3.51. The Labute approximate surface area is 219 Å². The third kappa shape index (κ3) is 6.22. The molecule has 196 valence electrons. The number of anilines is 1. The second-order valence-electron chi connectivity index (χ2n) is 8.33. The molecule has 1 amide bonds. The van der Waals surface area contributed by atoms with Crippen molar-refractivity contribution in [1.82, 2.24) is 19.6 Å². The van der Waals surface area contributed by atoms with Gasteiger partial charge in [0.15, 0.2) is 0 Å². The lowest BCUT2D eigenvalue weighted by Gasteiger charge is -2.31. The van der Waals surface area contributed by atoms with E-state index in [9.17, 15) is 21.6 Å². The number of hydrogen-bond donors (Lipinski definition) is 2. The van der Waals surface area contributed by atoms with Crippen molar-refractivity contribution in [3.63, 3.8) is 0 Å². The van der Waals surface area contributed by atoms with Crippen molar-refractivity contribution in [2.75, 3.05) is 37.9 Å². The number of thiophene rings is 1. The monoisotopic (exact) mass is 562 g/mol. The molecule has 3 heterocycles. The Bertz CT molecular complexity index is 1500. The zero-order valence-electron chi connectivity index (χ0n) is 20.2. The number of carbonyl (C=O) groups excluding carboxylic acids is 1. The lowest BCUT2D eigenvalue weighted by molar-refractivity contribution is 0.0955. The second kappa shape index (κ2) is 11.1. The first-order valence-electron chi connectivity index (χ1n) is 11.2. The molecule has 0 unspecified atom stereocenters. The highest BCUT2D eigenvalue weighted by molar-refractivity contribution is 7.94. The summed E-state index contributed by atoms with van der Waals surface area (Å²) in [6.07, 6.45) is 2.61. The lowest BCUT2D eigenvalue weighted by atomic mass is 10.1. The molecule has 1 aromatic carbocycles. The molecule has 1 aliphatic heterocycles. The van der Waals surface area contributed by atoms with E-state index in [1.54, 1.807) is 30.5 Å². The molecule has 1 saturated heterocycles. The lowest BCUT2D eigenvalue weighted by Crippen LogP contribution is -2.46. The molecule has 0 bridgehead atoms. The van der Waals surface area contributed by atoms with Gasteiger partial charge in [0.1, 0.15) is 4.21 Å². The van der Waals surface area contributed by atoms with Crippen LogP contribution in [0.25, 0.3) is 0 Å². The van der Waals surface area contributed by atoms with Gasteiger partial charge in [0.25, 0.3) is 15.9 Å². The van der Waals surface area contributed by atoms with Crippen LogP contribution in [0.3, 0.4) is 0 Å². The average molecular weight is 563 g/mol. The van der Waals surface area contributed by atoms with Crippen LogP contribution in [0.15, 0.2) is 74.4 Å². The number of aromatic nitrogens is 1. The van der Waals surface area contributed by atoms with Gasteiger partial charge < -0.3 is 4.90 Å². The standard InChI is InChI=1S/C23H26N6O5S3/c1-17(18-5-7-19(8-6-18)37(33,34)29-13-11-28(2)12-14-29)25-26-23(30)20-16-24-10-9-21(20)27-36(31,32)22-4-3-15-35-22/h3-10,15-16H,11-14H2,1-2H3,(H,24,27)(H,26,30). The maximum Gasteiger partial charge on any atom is 0.275 e. The third-order valence-corrected chi connectivity index (χ3v) is 10.4. The highest BCUT2D eigenvalue weighted by Gasteiger charge is 2.27. The van der Waals surface area contributed by atoms with Crippen molar-refractivity contribution in [2.45, 2.75) is 16.0 Å². The number of amides is 1. The van der Waals surface area contributed by atoms with Crippen LogP contribution in [0.2, 0.25) is 0 Å². The number of pyridine rings is 1. The van der Waals surface area contributed by atoms with E-state index < -0.39 is 26.0 Å². The van der Waals surface area contributed by atoms with Crippen LogP contribution in [-0.4, -0.2) is 75.9 Å². The molecule has 1 fully saturated rings. The minimum absolute atomic E-state index is 0.00667. The van der Waals surface area contributed by atoms with Crippen molar-refractivity contribution in [3.05, 3.63) is 71.4 Å². The molecule has 3 aromatic rings. The van der Waals surface area contributed by atoms with Crippen LogP contribution >= 0.6 is 11.3 Å². The summed E-state index contributed by atoms with van der Waals surface area (Å²) in [5.74, 6) is -0.661. The van der Waals surface area contributed by atoms with E-state index in [-0.39, 0.29) is 20.4 Å². The zero-order valence-corrected chi connectivity index (χ0v) is 22.6. The SMILES string of the molecule is CC(=NNC(=O)c1cnccc1NS(=O)(=O)c1cccs1)c1ccc(S(=O)(=O)N2CCN(C)CC2)cc1. The first kappa shape index (κ1) is 26.9. The summed E-state index contributed by atoms with van der Waals surface area (Å²) < 4.78 is 55.0. The fraction of sp³-hybridized carbons (Fsp3) is 0.261. The number of likely N-dealkylation sites (N-methyl/N-ethyl adjacent to an activating group) is 1. The van der Waals surface area contributed by atoms with Gasteiger partial charge in [-0.25, -0.2) is 22.3 Å². The summed E-state index contributed by atoms with van der Waals surface area (Å²) in [6.45, 7) is 3.89. The van der Waals surface area contributed by atoms with Crippen LogP contribution < -0.4 is 10.1 Å². The van der Waals surface area contributed by atoms with E-state index in [1.165, 1.54) is 41.0 Å². The Hall–Kier alpha value is -3.17. The molecular weight excluding hydrogens is 536 g/mol. The summed E-state index contributed by atoms with van der Waals surface area (Å²) in [4.78, 5) is 19.0. The molecule has 0 spiro atoms. The van der Waals surface area contributed by atoms with Crippen molar-refractivity contribution < 1.29 is 21.6 Å². The van der Waals surface area contributed by atoms with E-state index in [4.69, 9.17) is 0 Å². The summed E-state index contributed by atoms with van der Waals surface area (Å²) in [5, 5.41) is 5.74. The molecule has 0 saturated carbocycles. The average Bonchev–Trinajstić information content (AvgIpc) is 3.44. The molecule has 11 nitrogen and oxygen atoms in total. The van der Waals surface area contributed by atoms with Crippen molar-refractivity contribution in [2.24, 2.45) is 5.10 Å². The second-order valence-corrected chi connectivity index (χ2v) is 13.1. The van der Waals surface area contributed by atoms with E-state index >= 15 is 0 Å². The molecular formula is C23H26N6O5S3. The van der Waals surface area contributed by atoms with Gasteiger partial charge in [-0.15, -0.1) is 11.3 Å². The van der Waals surface area contributed by atoms with Crippen molar-refractivity contribution in [1.29, 1.82) is 0 Å². The van der Waals surface area contributed by atoms with E-state index in [0.29, 0.717) is 37.5 Å². The normalized spacial score (nSPS) is 15.9. The highest BCUT2D eigenvalue weighted by atomic mass is 32.2. The Balaban J connectivity index is 1.45. The van der Waals surface area contributed by atoms with Crippen LogP contribution in [0.1, 0.15) is 22.8 Å². The maximum absolute atomic E-state index is 12.9. The van der Waals surface area contributed by atoms with E-state index in [1.807, 2.05) is 7.05 Å². The largest absolute Gasteiger partial charge is 0.304 e. The molecule has 2 aromatic heterocycles. The number of benzene rings is 1. The number of hydrogen-bond acceptors (Lipinski definition) is 9. The predicted molar refractivity (Wildman–Crippen MR) is 142 cm³/mol. The fourth-order valence-corrected chi connectivity index (χ4v) is 7.08. The van der Waals surface area contributed by atoms with Gasteiger partial charge in [0.05, 0.1) is 21.9 Å². The molecule has 0 aliphatic carbocycles. The molecule has 4 rings (SSSR count). The van der Waals surface area contributed by atoms with Crippen LogP contribution in [0.4, 0.5) is 5.69 Å². The number of hydrazone groups is 1. The van der Waals surface area contributed by atoms with Gasteiger partial charge in [-0.3, -0.25) is 14.5 Å². The molecule has 0 atom stereocenters. The molecule has 1 aliphatic rings. The maximum atomic E-state index is 12.9. The van der Waals surface area contributed by atoms with Crippen LogP contribution in [0.5, 0.6) is 0 Å². The fourth-order valence-electron chi connectivity index (χ4n) is 3.58. The van der Waals surface area contributed by atoms with Gasteiger partial charge in [-0.1, -0.05) is 18.2 Å². The first-order valence-corrected chi connectivity index (χ1v) is 15.0. The minimum Gasteiger partial charge on any atom is -0.304 e. The number of rotatable bonds is 8. The van der Waals surface area contributed by atoms with Crippen LogP contribution in [0, 0.1) is 0 Å². The number of piperazine rings is 1. The molecule has 14 heteroatoms.